The van der Waals surface area contributed by atoms with Gasteiger partial charge >= 0.3 is 5.97 Å². The highest BCUT2D eigenvalue weighted by molar-refractivity contribution is 5.96. The number of aliphatic hydroxyl groups is 2. The molecule has 8 heteroatoms. The molecule has 3 aromatic rings. The molecular formula is C31H35N3O5. The van der Waals surface area contributed by atoms with Gasteiger partial charge in [-0.25, -0.2) is 4.79 Å². The zero-order valence-corrected chi connectivity index (χ0v) is 22.1. The quantitative estimate of drug-likeness (QED) is 0.331. The van der Waals surface area contributed by atoms with Gasteiger partial charge in [0.25, 0.3) is 0 Å². The number of benzene rings is 2. The predicted octanol–water partition coefficient (Wildman–Crippen LogP) is 2.86. The van der Waals surface area contributed by atoms with Gasteiger partial charge in [-0.15, -0.1) is 5.48 Å². The van der Waals surface area contributed by atoms with Gasteiger partial charge < -0.3 is 20.4 Å². The second-order valence-corrected chi connectivity index (χ2v) is 10.2. The molecule has 0 spiro atoms. The molecule has 2 aromatic carbocycles. The van der Waals surface area contributed by atoms with Crippen LogP contribution in [-0.2, 0) is 27.3 Å². The number of carbonyl (C=O) groups excluding carboxylic acids is 2. The summed E-state index contributed by atoms with van der Waals surface area (Å²) in [5, 5.41) is 26.0. The van der Waals surface area contributed by atoms with Gasteiger partial charge in [-0.05, 0) is 48.1 Å². The Hall–Kier alpha value is -3.85. The van der Waals surface area contributed by atoms with Crippen molar-refractivity contribution >= 4 is 18.0 Å². The highest BCUT2D eigenvalue weighted by Gasteiger charge is 2.56. The Morgan fingerprint density at radius 2 is 1.59 bits per heavy atom. The van der Waals surface area contributed by atoms with Crippen molar-refractivity contribution in [2.75, 3.05) is 0 Å². The van der Waals surface area contributed by atoms with Crippen molar-refractivity contribution < 1.29 is 24.6 Å². The van der Waals surface area contributed by atoms with Crippen LogP contribution in [0.5, 0.6) is 0 Å². The van der Waals surface area contributed by atoms with E-state index in [1.165, 1.54) is 6.08 Å². The number of nitrogens with one attached hydrogen (secondary N) is 2. The lowest BCUT2D eigenvalue weighted by Crippen LogP contribution is -2.70. The first-order chi connectivity index (χ1) is 18.8. The molecule has 204 valence electrons. The number of pyridine rings is 1. The standard InChI is InChI=1S/C31H35N3O5/c1-21(2)31(33-27(35)17-16-24-15-9-10-18-32-24)25(19-22-11-5-3-6-12-22)28(36)29(37)26(34-39-30(31)38)20-23-13-7-4-8-14-23/h3-18,21,25-26,28-29,34,36-37H,19-20H2,1-2H3,(H,33,35)/b17-16+/t25-,26+,28-,29-,31?/m1/s1. The van der Waals surface area contributed by atoms with Crippen molar-refractivity contribution in [1.82, 2.24) is 15.8 Å². The Morgan fingerprint density at radius 3 is 2.18 bits per heavy atom. The monoisotopic (exact) mass is 529 g/mol. The molecule has 1 saturated heterocycles. The van der Waals surface area contributed by atoms with E-state index in [1.807, 2.05) is 60.7 Å². The summed E-state index contributed by atoms with van der Waals surface area (Å²) < 4.78 is 0. The van der Waals surface area contributed by atoms with Crippen molar-refractivity contribution in [2.24, 2.45) is 11.8 Å². The van der Waals surface area contributed by atoms with Crippen LogP contribution in [0.2, 0.25) is 0 Å². The first-order valence-corrected chi connectivity index (χ1v) is 13.1. The first-order valence-electron chi connectivity index (χ1n) is 13.1. The maximum Gasteiger partial charge on any atom is 0.351 e. The average Bonchev–Trinajstić information content (AvgIpc) is 2.96. The van der Waals surface area contributed by atoms with Crippen LogP contribution >= 0.6 is 0 Å². The van der Waals surface area contributed by atoms with E-state index in [0.29, 0.717) is 12.1 Å². The van der Waals surface area contributed by atoms with Crippen molar-refractivity contribution in [3.05, 3.63) is 108 Å². The first kappa shape index (κ1) is 28.2. The number of amides is 1. The van der Waals surface area contributed by atoms with Crippen LogP contribution in [0.1, 0.15) is 30.7 Å². The second-order valence-electron chi connectivity index (χ2n) is 10.2. The van der Waals surface area contributed by atoms with Gasteiger partial charge in [0.05, 0.1) is 23.9 Å². The summed E-state index contributed by atoms with van der Waals surface area (Å²) in [4.78, 5) is 36.9. The van der Waals surface area contributed by atoms with E-state index in [9.17, 15) is 19.8 Å². The SMILES string of the molecule is CC(C)C1(NC(=O)/C=C/c2ccccn2)C(=O)ON[C@@H](Cc2ccccc2)[C@@H](O)[C@H](O)[C@H]1Cc1ccccc1. The fourth-order valence-corrected chi connectivity index (χ4v) is 5.19. The highest BCUT2D eigenvalue weighted by Crippen LogP contribution is 2.36. The third kappa shape index (κ3) is 6.60. The van der Waals surface area contributed by atoms with Crippen LogP contribution in [0.15, 0.2) is 91.1 Å². The number of hydrogen-bond donors (Lipinski definition) is 4. The summed E-state index contributed by atoms with van der Waals surface area (Å²) in [5.74, 6) is -2.69. The lowest BCUT2D eigenvalue weighted by Gasteiger charge is -2.47. The molecule has 1 amide bonds. The van der Waals surface area contributed by atoms with Crippen molar-refractivity contribution in [2.45, 2.75) is 50.5 Å². The minimum Gasteiger partial charge on any atom is -0.390 e. The minimum atomic E-state index is -1.66. The van der Waals surface area contributed by atoms with Gasteiger partial charge in [-0.3, -0.25) is 9.78 Å². The number of hydrogen-bond acceptors (Lipinski definition) is 7. The normalized spacial score (nSPS) is 25.6. The molecule has 2 heterocycles. The van der Waals surface area contributed by atoms with Crippen LogP contribution in [0.4, 0.5) is 0 Å². The van der Waals surface area contributed by atoms with Crippen LogP contribution in [0.25, 0.3) is 6.08 Å². The van der Waals surface area contributed by atoms with Gasteiger partial charge in [0.15, 0.2) is 0 Å². The molecule has 1 aliphatic heterocycles. The zero-order valence-electron chi connectivity index (χ0n) is 22.1. The van der Waals surface area contributed by atoms with Crippen LogP contribution in [-0.4, -0.2) is 50.9 Å². The van der Waals surface area contributed by atoms with Gasteiger partial charge in [0, 0.05) is 18.2 Å². The van der Waals surface area contributed by atoms with Crippen molar-refractivity contribution in [1.29, 1.82) is 0 Å². The molecule has 4 rings (SSSR count). The molecule has 1 unspecified atom stereocenters. The Bertz CT molecular complexity index is 1250. The Labute approximate surface area is 228 Å². The van der Waals surface area contributed by atoms with E-state index in [0.717, 1.165) is 11.1 Å². The molecule has 4 N–H and O–H groups in total. The molecular weight excluding hydrogens is 494 g/mol. The third-order valence-corrected chi connectivity index (χ3v) is 7.33. The lowest BCUT2D eigenvalue weighted by atomic mass is 9.68. The lowest BCUT2D eigenvalue weighted by molar-refractivity contribution is -0.186. The maximum absolute atomic E-state index is 13.9. The summed E-state index contributed by atoms with van der Waals surface area (Å²) in [6, 6.07) is 23.4. The number of nitrogens with zero attached hydrogens (tertiary/aromatic N) is 1. The van der Waals surface area contributed by atoms with Crippen LogP contribution in [0.3, 0.4) is 0 Å². The zero-order chi connectivity index (χ0) is 27.8. The van der Waals surface area contributed by atoms with Crippen molar-refractivity contribution in [3.8, 4) is 0 Å². The largest absolute Gasteiger partial charge is 0.390 e. The summed E-state index contributed by atoms with van der Waals surface area (Å²) >= 11 is 0. The fourth-order valence-electron chi connectivity index (χ4n) is 5.19. The molecule has 0 saturated carbocycles. The Balaban J connectivity index is 1.71. The van der Waals surface area contributed by atoms with E-state index in [2.05, 4.69) is 15.8 Å². The number of hydroxylamine groups is 1. The van der Waals surface area contributed by atoms with Crippen molar-refractivity contribution in [3.63, 3.8) is 0 Å². The molecule has 8 nitrogen and oxygen atoms in total. The minimum absolute atomic E-state index is 0.217. The molecule has 0 aliphatic carbocycles. The van der Waals surface area contributed by atoms with E-state index >= 15 is 0 Å². The smallest absolute Gasteiger partial charge is 0.351 e. The summed E-state index contributed by atoms with van der Waals surface area (Å²) in [6.45, 7) is 3.56. The topological polar surface area (TPSA) is 121 Å². The molecule has 0 bridgehead atoms. The molecule has 39 heavy (non-hydrogen) atoms. The van der Waals surface area contributed by atoms with Gasteiger partial charge in [0.1, 0.15) is 5.54 Å². The Kier molecular flexibility index (Phi) is 9.24. The van der Waals surface area contributed by atoms with Gasteiger partial charge in [-0.1, -0.05) is 80.6 Å². The fraction of sp³-hybridized carbons (Fsp3) is 0.323. The molecule has 1 fully saturated rings. The summed E-state index contributed by atoms with van der Waals surface area (Å²) in [7, 11) is 0. The average molecular weight is 530 g/mol. The molecule has 1 aliphatic rings. The van der Waals surface area contributed by atoms with E-state index in [1.54, 1.807) is 44.3 Å². The van der Waals surface area contributed by atoms with Gasteiger partial charge in [-0.2, -0.15) is 0 Å². The van der Waals surface area contributed by atoms with E-state index < -0.39 is 47.5 Å². The highest BCUT2D eigenvalue weighted by atomic mass is 16.7. The summed E-state index contributed by atoms with van der Waals surface area (Å²) in [6.07, 6.45) is 2.32. The Morgan fingerprint density at radius 1 is 0.974 bits per heavy atom. The van der Waals surface area contributed by atoms with Gasteiger partial charge in [0.2, 0.25) is 5.91 Å². The molecule has 1 aromatic heterocycles. The molecule has 5 atom stereocenters. The third-order valence-electron chi connectivity index (χ3n) is 7.33. The van der Waals surface area contributed by atoms with Crippen LogP contribution in [0, 0.1) is 11.8 Å². The number of rotatable bonds is 8. The number of aromatic nitrogens is 1. The molecule has 0 radical (unpaired) electrons. The number of carbonyl (C=O) groups is 2. The summed E-state index contributed by atoms with van der Waals surface area (Å²) in [5.41, 5.74) is 3.35. The number of aliphatic hydroxyl groups excluding tert-OH is 2. The van der Waals surface area contributed by atoms with Crippen LogP contribution < -0.4 is 10.8 Å². The maximum atomic E-state index is 13.9. The van der Waals surface area contributed by atoms with E-state index in [4.69, 9.17) is 4.84 Å². The second kappa shape index (κ2) is 12.8. The predicted molar refractivity (Wildman–Crippen MR) is 148 cm³/mol. The van der Waals surface area contributed by atoms with E-state index in [-0.39, 0.29) is 6.42 Å².